The second-order valence-electron chi connectivity index (χ2n) is 9.66. The lowest BCUT2D eigenvalue weighted by Crippen LogP contribution is -2.34. The standard InChI is InChI=1S/C34H35BrN3O/c1-37(23-7-5-4-6-22-36)31-17-8-26(9-18-31)10-19-32-24-29(27-13-20-33(39-3)21-14-27)25-34(38(32)2)28-11-15-30(35)16-12-28/h8-21,24-25H,4-7,23H2,1-3H3/q+1. The number of anilines is 1. The summed E-state index contributed by atoms with van der Waals surface area (Å²) in [5.74, 6) is 0.849. The van der Waals surface area contributed by atoms with Gasteiger partial charge in [0.1, 0.15) is 12.8 Å². The van der Waals surface area contributed by atoms with Gasteiger partial charge >= 0.3 is 0 Å². The fourth-order valence-electron chi connectivity index (χ4n) is 4.57. The molecule has 0 atom stereocenters. The first-order valence-corrected chi connectivity index (χ1v) is 14.1. The zero-order chi connectivity index (χ0) is 27.6. The van der Waals surface area contributed by atoms with Gasteiger partial charge in [-0.3, -0.25) is 0 Å². The van der Waals surface area contributed by atoms with Crippen LogP contribution < -0.4 is 14.2 Å². The van der Waals surface area contributed by atoms with E-state index in [0.29, 0.717) is 6.42 Å². The van der Waals surface area contributed by atoms with E-state index in [1.54, 1.807) is 7.11 Å². The lowest BCUT2D eigenvalue weighted by atomic mass is 10.0. The van der Waals surface area contributed by atoms with Gasteiger partial charge in [-0.1, -0.05) is 46.6 Å². The number of aromatic nitrogens is 1. The summed E-state index contributed by atoms with van der Waals surface area (Å²) in [4.78, 5) is 2.28. The van der Waals surface area contributed by atoms with E-state index in [0.717, 1.165) is 69.7 Å². The van der Waals surface area contributed by atoms with E-state index in [1.807, 2.05) is 12.1 Å². The minimum absolute atomic E-state index is 0.649. The van der Waals surface area contributed by atoms with Crippen LogP contribution in [0.1, 0.15) is 36.9 Å². The van der Waals surface area contributed by atoms with Crippen LogP contribution in [0.3, 0.4) is 0 Å². The Morgan fingerprint density at radius 3 is 2.21 bits per heavy atom. The molecule has 0 aliphatic rings. The van der Waals surface area contributed by atoms with Crippen molar-refractivity contribution >= 4 is 33.8 Å². The maximum Gasteiger partial charge on any atom is 0.213 e. The molecule has 3 aromatic carbocycles. The summed E-state index contributed by atoms with van der Waals surface area (Å²) in [6, 6.07) is 32.0. The van der Waals surface area contributed by atoms with Crippen molar-refractivity contribution in [3.63, 3.8) is 0 Å². The average Bonchev–Trinajstić information content (AvgIpc) is 2.97. The summed E-state index contributed by atoms with van der Waals surface area (Å²) in [5.41, 5.74) is 8.07. The van der Waals surface area contributed by atoms with Gasteiger partial charge in [-0.15, -0.1) is 0 Å². The molecule has 0 bridgehead atoms. The number of ether oxygens (including phenoxy) is 1. The molecule has 0 aliphatic carbocycles. The summed E-state index contributed by atoms with van der Waals surface area (Å²) >= 11 is 3.56. The molecule has 4 aromatic rings. The minimum Gasteiger partial charge on any atom is -0.497 e. The first-order valence-electron chi connectivity index (χ1n) is 13.3. The van der Waals surface area contributed by atoms with Crippen LogP contribution >= 0.6 is 15.9 Å². The zero-order valence-electron chi connectivity index (χ0n) is 22.9. The van der Waals surface area contributed by atoms with Crippen molar-refractivity contribution in [2.45, 2.75) is 25.7 Å². The van der Waals surface area contributed by atoms with E-state index in [-0.39, 0.29) is 0 Å². The second-order valence-corrected chi connectivity index (χ2v) is 10.6. The Kier molecular flexibility index (Phi) is 9.94. The highest BCUT2D eigenvalue weighted by Crippen LogP contribution is 2.28. The quantitative estimate of drug-likeness (QED) is 0.132. The van der Waals surface area contributed by atoms with Gasteiger partial charge in [0.15, 0.2) is 0 Å². The van der Waals surface area contributed by atoms with Gasteiger partial charge in [0.2, 0.25) is 11.4 Å². The SMILES string of the molecule is COc1ccc(-c2cc(C=Cc3ccc(N(C)CCCCCC#N)cc3)[n+](C)c(-c3ccc(Br)cc3)c2)cc1. The number of halogens is 1. The van der Waals surface area contributed by atoms with Crippen molar-refractivity contribution in [3.05, 3.63) is 101 Å². The molecule has 0 aliphatic heterocycles. The molecule has 39 heavy (non-hydrogen) atoms. The Bertz CT molecular complexity index is 1440. The lowest BCUT2D eigenvalue weighted by molar-refractivity contribution is -0.662. The molecule has 0 saturated carbocycles. The third-order valence-electron chi connectivity index (χ3n) is 6.97. The Balaban J connectivity index is 1.59. The number of rotatable bonds is 11. The molecular weight excluding hydrogens is 546 g/mol. The summed E-state index contributed by atoms with van der Waals surface area (Å²) in [7, 11) is 5.93. The van der Waals surface area contributed by atoms with Crippen LogP contribution in [0.5, 0.6) is 5.75 Å². The third kappa shape index (κ3) is 7.59. The van der Waals surface area contributed by atoms with Crippen molar-refractivity contribution in [2.75, 3.05) is 25.6 Å². The maximum absolute atomic E-state index is 8.70. The van der Waals surface area contributed by atoms with Gasteiger partial charge in [-0.05, 0) is 84.1 Å². The molecule has 1 aromatic heterocycles. The summed E-state index contributed by atoms with van der Waals surface area (Å²) in [6.07, 6.45) is 8.17. The van der Waals surface area contributed by atoms with Crippen molar-refractivity contribution < 1.29 is 9.30 Å². The van der Waals surface area contributed by atoms with Gasteiger partial charge in [0, 0.05) is 53.9 Å². The summed E-state index contributed by atoms with van der Waals surface area (Å²) < 4.78 is 8.66. The van der Waals surface area contributed by atoms with Crippen LogP contribution in [0.2, 0.25) is 0 Å². The Morgan fingerprint density at radius 1 is 0.846 bits per heavy atom. The van der Waals surface area contributed by atoms with Gasteiger partial charge in [-0.2, -0.15) is 9.83 Å². The first kappa shape index (κ1) is 28.1. The van der Waals surface area contributed by atoms with Gasteiger partial charge in [0.05, 0.1) is 13.2 Å². The van der Waals surface area contributed by atoms with E-state index >= 15 is 0 Å². The van der Waals surface area contributed by atoms with Crippen LogP contribution in [0.25, 0.3) is 34.5 Å². The van der Waals surface area contributed by atoms with Crippen molar-refractivity contribution in [1.29, 1.82) is 5.26 Å². The van der Waals surface area contributed by atoms with Crippen LogP contribution in [-0.2, 0) is 7.05 Å². The molecule has 0 fully saturated rings. The molecule has 198 valence electrons. The van der Waals surface area contributed by atoms with Crippen LogP contribution in [0.15, 0.2) is 89.4 Å². The van der Waals surface area contributed by atoms with E-state index in [9.17, 15) is 0 Å². The number of hydrogen-bond donors (Lipinski definition) is 0. The van der Waals surface area contributed by atoms with Crippen molar-refractivity contribution in [1.82, 2.24) is 0 Å². The third-order valence-corrected chi connectivity index (χ3v) is 7.50. The van der Waals surface area contributed by atoms with Crippen molar-refractivity contribution in [2.24, 2.45) is 7.05 Å². The smallest absolute Gasteiger partial charge is 0.213 e. The lowest BCUT2D eigenvalue weighted by Gasteiger charge is -2.19. The van der Waals surface area contributed by atoms with E-state index in [4.69, 9.17) is 10.00 Å². The molecule has 0 N–H and O–H groups in total. The number of nitrogens with zero attached hydrogens (tertiary/aromatic N) is 3. The predicted octanol–water partition coefficient (Wildman–Crippen LogP) is 8.31. The molecule has 4 rings (SSSR count). The van der Waals surface area contributed by atoms with E-state index < -0.39 is 0 Å². The number of pyridine rings is 1. The van der Waals surface area contributed by atoms with Gasteiger partial charge in [0.25, 0.3) is 0 Å². The van der Waals surface area contributed by atoms with Gasteiger partial charge < -0.3 is 9.64 Å². The second kappa shape index (κ2) is 13.8. The van der Waals surface area contributed by atoms with Crippen LogP contribution in [-0.4, -0.2) is 20.7 Å². The molecule has 1 heterocycles. The van der Waals surface area contributed by atoms with Crippen LogP contribution in [0, 0.1) is 11.3 Å². The Morgan fingerprint density at radius 2 is 1.54 bits per heavy atom. The number of nitriles is 1. The molecule has 0 amide bonds. The highest BCUT2D eigenvalue weighted by molar-refractivity contribution is 9.10. The highest BCUT2D eigenvalue weighted by atomic mass is 79.9. The number of hydrogen-bond acceptors (Lipinski definition) is 3. The zero-order valence-corrected chi connectivity index (χ0v) is 24.5. The fourth-order valence-corrected chi connectivity index (χ4v) is 4.83. The van der Waals surface area contributed by atoms with E-state index in [1.165, 1.54) is 5.69 Å². The van der Waals surface area contributed by atoms with Crippen molar-refractivity contribution in [3.8, 4) is 34.2 Å². The Hall–Kier alpha value is -3.88. The molecule has 0 radical (unpaired) electrons. The largest absolute Gasteiger partial charge is 0.497 e. The molecule has 5 heteroatoms. The monoisotopic (exact) mass is 580 g/mol. The van der Waals surface area contributed by atoms with Gasteiger partial charge in [-0.25, -0.2) is 0 Å². The minimum atomic E-state index is 0.649. The van der Waals surface area contributed by atoms with Crippen LogP contribution in [0.4, 0.5) is 5.69 Å². The average molecular weight is 582 g/mol. The topological polar surface area (TPSA) is 40.1 Å². The molecule has 0 saturated heterocycles. The van der Waals surface area contributed by atoms with E-state index in [2.05, 4.69) is 131 Å². The number of benzene rings is 3. The highest BCUT2D eigenvalue weighted by Gasteiger charge is 2.17. The molecule has 0 spiro atoms. The molecule has 0 unspecified atom stereocenters. The Labute approximate surface area is 240 Å². The predicted molar refractivity (Wildman–Crippen MR) is 165 cm³/mol. The first-order chi connectivity index (χ1) is 19.0. The molecular formula is C34H35BrN3O+. The normalized spacial score (nSPS) is 10.9. The fraction of sp³-hybridized carbons (Fsp3) is 0.235. The summed E-state index contributed by atoms with van der Waals surface area (Å²) in [5, 5.41) is 8.70. The number of methoxy groups -OCH3 is 1. The molecule has 4 nitrogen and oxygen atoms in total. The maximum atomic E-state index is 8.70. The summed E-state index contributed by atoms with van der Waals surface area (Å²) in [6.45, 7) is 0.993. The number of unbranched alkanes of at least 4 members (excludes halogenated alkanes) is 3.